The zero-order chi connectivity index (χ0) is 15.7. The summed E-state index contributed by atoms with van der Waals surface area (Å²) < 4.78 is 5.13. The fourth-order valence-electron chi connectivity index (χ4n) is 1.85. The Balaban J connectivity index is 2.22. The molecule has 9 nitrogen and oxygen atoms in total. The van der Waals surface area contributed by atoms with Gasteiger partial charge in [-0.1, -0.05) is 0 Å². The summed E-state index contributed by atoms with van der Waals surface area (Å²) in [5.74, 6) is -1.30. The van der Waals surface area contributed by atoms with Gasteiger partial charge in [0.25, 0.3) is 0 Å². The topological polar surface area (TPSA) is 128 Å². The molecule has 0 spiro atoms. The van der Waals surface area contributed by atoms with Crippen LogP contribution in [-0.2, 0) is 14.3 Å². The highest BCUT2D eigenvalue weighted by Crippen LogP contribution is 1.99. The third-order valence-corrected chi connectivity index (χ3v) is 3.01. The first kappa shape index (κ1) is 17.2. The lowest BCUT2D eigenvalue weighted by Crippen LogP contribution is -2.47. The maximum Gasteiger partial charge on any atom is 0.326 e. The van der Waals surface area contributed by atoms with Crippen molar-refractivity contribution in [3.05, 3.63) is 0 Å². The zero-order valence-corrected chi connectivity index (χ0v) is 11.7. The van der Waals surface area contributed by atoms with E-state index in [1.165, 1.54) is 0 Å². The van der Waals surface area contributed by atoms with Crippen LogP contribution in [0.25, 0.3) is 0 Å². The predicted octanol–water partition coefficient (Wildman–Crippen LogP) is -1.63. The van der Waals surface area contributed by atoms with Crippen molar-refractivity contribution < 1.29 is 29.3 Å². The average molecular weight is 303 g/mol. The van der Waals surface area contributed by atoms with Crippen molar-refractivity contribution in [1.29, 1.82) is 0 Å². The Morgan fingerprint density at radius 3 is 2.48 bits per heavy atom. The van der Waals surface area contributed by atoms with Gasteiger partial charge in [-0.15, -0.1) is 0 Å². The maximum atomic E-state index is 11.8. The highest BCUT2D eigenvalue weighted by atomic mass is 16.5. The van der Waals surface area contributed by atoms with E-state index in [1.807, 2.05) is 0 Å². The molecule has 120 valence electrons. The zero-order valence-electron chi connectivity index (χ0n) is 11.7. The van der Waals surface area contributed by atoms with Crippen LogP contribution in [0.4, 0.5) is 4.79 Å². The van der Waals surface area contributed by atoms with Crippen molar-refractivity contribution in [2.24, 2.45) is 0 Å². The van der Waals surface area contributed by atoms with E-state index in [0.29, 0.717) is 26.3 Å². The predicted molar refractivity (Wildman–Crippen MR) is 71.7 cm³/mol. The molecule has 0 unspecified atom stereocenters. The molecular weight excluding hydrogens is 282 g/mol. The Kier molecular flexibility index (Phi) is 7.48. The molecule has 0 bridgehead atoms. The quantitative estimate of drug-likeness (QED) is 0.447. The summed E-state index contributed by atoms with van der Waals surface area (Å²) in [5, 5.41) is 22.1. The number of carboxylic acids is 1. The van der Waals surface area contributed by atoms with Gasteiger partial charge in [-0.05, 0) is 0 Å². The summed E-state index contributed by atoms with van der Waals surface area (Å²) in [6, 6.07) is -1.82. The molecule has 1 heterocycles. The van der Waals surface area contributed by atoms with E-state index in [9.17, 15) is 14.4 Å². The maximum absolute atomic E-state index is 11.8. The van der Waals surface area contributed by atoms with Crippen molar-refractivity contribution in [1.82, 2.24) is 15.5 Å². The molecule has 1 fully saturated rings. The summed E-state index contributed by atoms with van der Waals surface area (Å²) in [7, 11) is 0. The molecular formula is C12H21N3O6. The second-order valence-corrected chi connectivity index (χ2v) is 4.55. The third-order valence-electron chi connectivity index (χ3n) is 3.01. The van der Waals surface area contributed by atoms with Crippen molar-refractivity contribution in [3.8, 4) is 0 Å². The highest BCUT2D eigenvalue weighted by molar-refractivity contribution is 5.83. The smallest absolute Gasteiger partial charge is 0.326 e. The summed E-state index contributed by atoms with van der Waals surface area (Å²) in [6.07, 6.45) is 0.0701. The molecule has 1 aliphatic rings. The van der Waals surface area contributed by atoms with Crippen LogP contribution in [0.3, 0.4) is 0 Å². The first-order valence-corrected chi connectivity index (χ1v) is 6.78. The van der Waals surface area contributed by atoms with E-state index in [1.54, 1.807) is 4.90 Å². The number of rotatable bonds is 7. The Bertz CT molecular complexity index is 370. The van der Waals surface area contributed by atoms with Crippen molar-refractivity contribution in [3.63, 3.8) is 0 Å². The molecule has 1 atom stereocenters. The summed E-state index contributed by atoms with van der Waals surface area (Å²) in [6.45, 7) is 1.90. The number of hydrogen-bond acceptors (Lipinski definition) is 5. The molecule has 4 N–H and O–H groups in total. The highest BCUT2D eigenvalue weighted by Gasteiger charge is 2.20. The van der Waals surface area contributed by atoms with Gasteiger partial charge in [0.15, 0.2) is 0 Å². The molecule has 21 heavy (non-hydrogen) atoms. The standard InChI is InChI=1S/C12H21N3O6/c16-6-2-9(11(18)19)14-12(20)13-3-1-10(17)15-4-7-21-8-5-15/h9,16H,1-8H2,(H,18,19)(H2,13,14,20)/t9-/m0/s1. The van der Waals surface area contributed by atoms with Gasteiger partial charge in [-0.3, -0.25) is 4.79 Å². The molecule has 0 aromatic heterocycles. The van der Waals surface area contributed by atoms with E-state index < -0.39 is 18.0 Å². The molecule has 0 saturated carbocycles. The number of carbonyl (C=O) groups excluding carboxylic acids is 2. The lowest BCUT2D eigenvalue weighted by molar-refractivity contribution is -0.139. The minimum atomic E-state index is -1.22. The van der Waals surface area contributed by atoms with Crippen LogP contribution in [0, 0.1) is 0 Å². The fraction of sp³-hybridized carbons (Fsp3) is 0.750. The molecule has 0 radical (unpaired) electrons. The van der Waals surface area contributed by atoms with E-state index in [0.717, 1.165) is 0 Å². The van der Waals surface area contributed by atoms with Gasteiger partial charge in [-0.2, -0.15) is 0 Å². The number of ether oxygens (including phenoxy) is 1. The second kappa shape index (κ2) is 9.14. The van der Waals surface area contributed by atoms with E-state index >= 15 is 0 Å². The van der Waals surface area contributed by atoms with E-state index in [4.69, 9.17) is 14.9 Å². The SMILES string of the molecule is O=C(NCCC(=O)N1CCOCC1)N[C@@H](CCO)C(=O)O. The minimum Gasteiger partial charge on any atom is -0.480 e. The van der Waals surface area contributed by atoms with Crippen molar-refractivity contribution >= 4 is 17.9 Å². The first-order valence-electron chi connectivity index (χ1n) is 6.78. The van der Waals surface area contributed by atoms with Gasteiger partial charge in [0.1, 0.15) is 6.04 Å². The Morgan fingerprint density at radius 2 is 1.90 bits per heavy atom. The van der Waals surface area contributed by atoms with Gasteiger partial charge in [0.05, 0.1) is 13.2 Å². The van der Waals surface area contributed by atoms with Crippen LogP contribution >= 0.6 is 0 Å². The lowest BCUT2D eigenvalue weighted by Gasteiger charge is -2.26. The van der Waals surface area contributed by atoms with Crippen LogP contribution < -0.4 is 10.6 Å². The Morgan fingerprint density at radius 1 is 1.24 bits per heavy atom. The van der Waals surface area contributed by atoms with Crippen molar-refractivity contribution in [2.45, 2.75) is 18.9 Å². The summed E-state index contributed by atoms with van der Waals surface area (Å²) >= 11 is 0. The number of aliphatic carboxylic acids is 1. The molecule has 3 amide bonds. The molecule has 9 heteroatoms. The number of nitrogens with zero attached hydrogens (tertiary/aromatic N) is 1. The van der Waals surface area contributed by atoms with Gasteiger partial charge in [0.2, 0.25) is 5.91 Å². The van der Waals surface area contributed by atoms with E-state index in [-0.39, 0.29) is 31.9 Å². The van der Waals surface area contributed by atoms with Gasteiger partial charge in [0, 0.05) is 39.1 Å². The number of carboxylic acid groups (broad SMARTS) is 1. The molecule has 1 rings (SSSR count). The summed E-state index contributed by atoms with van der Waals surface area (Å²) in [5.41, 5.74) is 0. The number of aliphatic hydroxyl groups is 1. The fourth-order valence-corrected chi connectivity index (χ4v) is 1.85. The number of hydrogen-bond donors (Lipinski definition) is 4. The second-order valence-electron chi connectivity index (χ2n) is 4.55. The molecule has 0 aliphatic carbocycles. The monoisotopic (exact) mass is 303 g/mol. The number of urea groups is 1. The van der Waals surface area contributed by atoms with Crippen LogP contribution in [0.15, 0.2) is 0 Å². The van der Waals surface area contributed by atoms with Crippen LogP contribution in [0.1, 0.15) is 12.8 Å². The summed E-state index contributed by atoms with van der Waals surface area (Å²) in [4.78, 5) is 35.7. The Hall–Kier alpha value is -1.87. The third kappa shape index (κ3) is 6.41. The molecule has 0 aromatic carbocycles. The van der Waals surface area contributed by atoms with Gasteiger partial charge >= 0.3 is 12.0 Å². The number of amides is 3. The van der Waals surface area contributed by atoms with Crippen LogP contribution in [0.2, 0.25) is 0 Å². The normalized spacial score (nSPS) is 16.1. The van der Waals surface area contributed by atoms with Crippen LogP contribution in [-0.4, -0.2) is 78.5 Å². The van der Waals surface area contributed by atoms with Gasteiger partial charge in [-0.25, -0.2) is 9.59 Å². The molecule has 0 aromatic rings. The van der Waals surface area contributed by atoms with Gasteiger partial charge < -0.3 is 30.5 Å². The number of morpholine rings is 1. The lowest BCUT2D eigenvalue weighted by atomic mass is 10.2. The van der Waals surface area contributed by atoms with E-state index in [2.05, 4.69) is 10.6 Å². The largest absolute Gasteiger partial charge is 0.480 e. The van der Waals surface area contributed by atoms with Crippen molar-refractivity contribution in [2.75, 3.05) is 39.5 Å². The number of carbonyl (C=O) groups is 3. The number of nitrogens with one attached hydrogen (secondary N) is 2. The molecule has 1 saturated heterocycles. The first-order chi connectivity index (χ1) is 10.0. The van der Waals surface area contributed by atoms with Crippen LogP contribution in [0.5, 0.6) is 0 Å². The Labute approximate surface area is 122 Å². The number of aliphatic hydroxyl groups excluding tert-OH is 1. The average Bonchev–Trinajstić information content (AvgIpc) is 2.47. The molecule has 1 aliphatic heterocycles. The minimum absolute atomic E-state index is 0.0739.